The van der Waals surface area contributed by atoms with Gasteiger partial charge in [0.05, 0.1) is 0 Å². The van der Waals surface area contributed by atoms with Gasteiger partial charge >= 0.3 is 4.16 Å². The normalized spacial score (nSPS) is 16.6. The lowest BCUT2D eigenvalue weighted by Gasteiger charge is -1.97. The molecule has 0 saturated heterocycles. The molecule has 2 nitrogen and oxygen atoms in total. The second-order valence-corrected chi connectivity index (χ2v) is 3.23. The van der Waals surface area contributed by atoms with Crippen LogP contribution >= 0.6 is 15.9 Å². The van der Waals surface area contributed by atoms with E-state index in [1.807, 2.05) is 0 Å². The molecule has 1 atom stereocenters. The highest BCUT2D eigenvalue weighted by Crippen LogP contribution is 2.23. The fourth-order valence-corrected chi connectivity index (χ4v) is 0. The van der Waals surface area contributed by atoms with Crippen LogP contribution in [0.2, 0.25) is 0 Å². The quantitative estimate of drug-likeness (QED) is 0.503. The Labute approximate surface area is 49.3 Å². The molecule has 0 aromatic carbocycles. The van der Waals surface area contributed by atoms with Gasteiger partial charge in [-0.1, -0.05) is 0 Å². The van der Waals surface area contributed by atoms with Crippen LogP contribution in [0.5, 0.6) is 0 Å². The molecule has 1 unspecified atom stereocenters. The molecular formula is CHBrF2O2S. The Balaban J connectivity index is 3.79. The molecule has 0 aromatic heterocycles. The van der Waals surface area contributed by atoms with Gasteiger partial charge in [0, 0.05) is 15.9 Å². The van der Waals surface area contributed by atoms with Crippen molar-refractivity contribution in [2.45, 2.75) is 4.16 Å². The van der Waals surface area contributed by atoms with Gasteiger partial charge in [-0.2, -0.15) is 8.78 Å². The minimum atomic E-state index is -3.66. The second-order valence-electron chi connectivity index (χ2n) is 0.695. The lowest BCUT2D eigenvalue weighted by molar-refractivity contribution is 0.201. The zero-order valence-electron chi connectivity index (χ0n) is 2.90. The molecule has 0 bridgehead atoms. The van der Waals surface area contributed by atoms with Gasteiger partial charge in [-0.3, -0.25) is 0 Å². The number of alkyl halides is 3. The van der Waals surface area contributed by atoms with E-state index in [2.05, 4.69) is 0 Å². The third-order valence-corrected chi connectivity index (χ3v) is 1.42. The Bertz CT molecular complexity index is 88.2. The van der Waals surface area contributed by atoms with Gasteiger partial charge in [-0.25, -0.2) is 4.21 Å². The number of hydrogen-bond donors (Lipinski definition) is 1. The third kappa shape index (κ3) is 3.07. The smallest absolute Gasteiger partial charge is 0.301 e. The molecule has 0 heterocycles. The fraction of sp³-hybridized carbons (Fsp3) is 1.00. The average Bonchev–Trinajstić information content (AvgIpc) is 1.31. The van der Waals surface area contributed by atoms with Crippen molar-refractivity contribution in [2.75, 3.05) is 0 Å². The monoisotopic (exact) mass is 194 g/mol. The van der Waals surface area contributed by atoms with Gasteiger partial charge in [0.15, 0.2) is 0 Å². The average molecular weight is 195 g/mol. The Morgan fingerprint density at radius 2 is 1.86 bits per heavy atom. The third-order valence-electron chi connectivity index (χ3n) is 0.198. The maximum absolute atomic E-state index is 11.2. The molecule has 0 fully saturated rings. The highest BCUT2D eigenvalue weighted by molar-refractivity contribution is 9.11. The van der Waals surface area contributed by atoms with E-state index in [4.69, 9.17) is 4.55 Å². The summed E-state index contributed by atoms with van der Waals surface area (Å²) in [6.07, 6.45) is 0. The van der Waals surface area contributed by atoms with Crippen molar-refractivity contribution < 1.29 is 17.5 Å². The summed E-state index contributed by atoms with van der Waals surface area (Å²) in [6, 6.07) is 0. The molecule has 0 aliphatic rings. The molecule has 0 amide bonds. The zero-order valence-corrected chi connectivity index (χ0v) is 5.30. The standard InChI is InChI=1S/CHBrF2O2S/c2-1(3,4)7(5)6/h(H,5,6). The Morgan fingerprint density at radius 1 is 1.71 bits per heavy atom. The molecule has 0 spiro atoms. The summed E-state index contributed by atoms with van der Waals surface area (Å²) in [7, 11) is 0. The molecule has 0 rings (SSSR count). The van der Waals surface area contributed by atoms with Crippen LogP contribution < -0.4 is 0 Å². The first kappa shape index (κ1) is 7.45. The van der Waals surface area contributed by atoms with Crippen molar-refractivity contribution >= 4 is 27.0 Å². The highest BCUT2D eigenvalue weighted by Gasteiger charge is 2.31. The van der Waals surface area contributed by atoms with E-state index in [9.17, 15) is 13.0 Å². The van der Waals surface area contributed by atoms with E-state index < -0.39 is 15.2 Å². The highest BCUT2D eigenvalue weighted by atomic mass is 79.9. The molecule has 0 saturated carbocycles. The molecule has 0 radical (unpaired) electrons. The Morgan fingerprint density at radius 3 is 1.86 bits per heavy atom. The van der Waals surface area contributed by atoms with E-state index in [0.29, 0.717) is 0 Å². The van der Waals surface area contributed by atoms with Crippen LogP contribution in [0.1, 0.15) is 0 Å². The molecule has 44 valence electrons. The van der Waals surface area contributed by atoms with Gasteiger partial charge in [0.2, 0.25) is 11.1 Å². The van der Waals surface area contributed by atoms with Crippen molar-refractivity contribution in [1.82, 2.24) is 0 Å². The second kappa shape index (κ2) is 2.15. The maximum Gasteiger partial charge on any atom is 0.399 e. The number of rotatable bonds is 1. The van der Waals surface area contributed by atoms with Crippen LogP contribution in [0.3, 0.4) is 0 Å². The van der Waals surface area contributed by atoms with Gasteiger partial charge in [-0.05, 0) is 0 Å². The first-order valence-corrected chi connectivity index (χ1v) is 3.02. The number of halogens is 3. The van der Waals surface area contributed by atoms with Gasteiger partial charge in [0.1, 0.15) is 0 Å². The van der Waals surface area contributed by atoms with E-state index >= 15 is 0 Å². The van der Waals surface area contributed by atoms with Crippen LogP contribution in [-0.2, 0) is 11.1 Å². The minimum absolute atomic E-state index is 1.66. The molecule has 7 heavy (non-hydrogen) atoms. The predicted octanol–water partition coefficient (Wildman–Crippen LogP) is 1.15. The van der Waals surface area contributed by atoms with Gasteiger partial charge in [-0.15, -0.1) is 0 Å². The lowest BCUT2D eigenvalue weighted by atomic mass is 11.7. The number of hydrogen-bond acceptors (Lipinski definition) is 1. The van der Waals surface area contributed by atoms with Crippen LogP contribution in [0.25, 0.3) is 0 Å². The predicted molar refractivity (Wildman–Crippen MR) is 24.6 cm³/mol. The van der Waals surface area contributed by atoms with E-state index in [-0.39, 0.29) is 0 Å². The largest absolute Gasteiger partial charge is 0.399 e. The molecule has 0 aromatic rings. The maximum atomic E-state index is 11.2. The SMILES string of the molecule is O=S(O)C(F)(F)Br. The van der Waals surface area contributed by atoms with Crippen LogP contribution in [0.15, 0.2) is 0 Å². The van der Waals surface area contributed by atoms with Gasteiger partial charge in [0.25, 0.3) is 0 Å². The molecular weight excluding hydrogens is 194 g/mol. The van der Waals surface area contributed by atoms with Crippen molar-refractivity contribution in [3.63, 3.8) is 0 Å². The summed E-state index contributed by atoms with van der Waals surface area (Å²) in [6.45, 7) is 0. The first-order chi connectivity index (χ1) is 2.94. The summed E-state index contributed by atoms with van der Waals surface area (Å²) >= 11 is -1.44. The summed E-state index contributed by atoms with van der Waals surface area (Å²) in [5.74, 6) is 0. The summed E-state index contributed by atoms with van der Waals surface area (Å²) in [5, 5.41) is 0. The zero-order chi connectivity index (χ0) is 6.08. The molecule has 1 N–H and O–H groups in total. The molecule has 0 aliphatic heterocycles. The lowest BCUT2D eigenvalue weighted by Crippen LogP contribution is -2.11. The summed E-state index contributed by atoms with van der Waals surface area (Å²) in [4.78, 5) is 0. The van der Waals surface area contributed by atoms with E-state index in [1.54, 1.807) is 15.9 Å². The van der Waals surface area contributed by atoms with Crippen molar-refractivity contribution in [2.24, 2.45) is 0 Å². The first-order valence-electron chi connectivity index (χ1n) is 1.12. The molecule has 6 heteroatoms. The topological polar surface area (TPSA) is 37.3 Å². The van der Waals surface area contributed by atoms with Crippen LogP contribution in [-0.4, -0.2) is 12.9 Å². The Kier molecular flexibility index (Phi) is 2.28. The minimum Gasteiger partial charge on any atom is -0.301 e. The summed E-state index contributed by atoms with van der Waals surface area (Å²) in [5.41, 5.74) is 0. The van der Waals surface area contributed by atoms with Crippen molar-refractivity contribution in [1.29, 1.82) is 0 Å². The molecule has 0 aliphatic carbocycles. The summed E-state index contributed by atoms with van der Waals surface area (Å²) < 4.78 is 35.7. The van der Waals surface area contributed by atoms with E-state index in [1.165, 1.54) is 0 Å². The van der Waals surface area contributed by atoms with Crippen molar-refractivity contribution in [3.8, 4) is 0 Å². The van der Waals surface area contributed by atoms with Crippen LogP contribution in [0, 0.1) is 0 Å². The van der Waals surface area contributed by atoms with Gasteiger partial charge < -0.3 is 4.55 Å². The van der Waals surface area contributed by atoms with Crippen LogP contribution in [0.4, 0.5) is 8.78 Å². The Hall–Kier alpha value is 0.450. The fourth-order valence-electron chi connectivity index (χ4n) is 0. The van der Waals surface area contributed by atoms with E-state index in [0.717, 1.165) is 0 Å². The van der Waals surface area contributed by atoms with Crippen molar-refractivity contribution in [3.05, 3.63) is 0 Å².